The Labute approximate surface area is 114 Å². The first kappa shape index (κ1) is 12.6. The quantitative estimate of drug-likeness (QED) is 0.874. The summed E-state index contributed by atoms with van der Waals surface area (Å²) < 4.78 is 0. The van der Waals surface area contributed by atoms with Crippen LogP contribution < -0.4 is 5.73 Å². The van der Waals surface area contributed by atoms with Crippen molar-refractivity contribution in [1.82, 2.24) is 9.80 Å². The Hall–Kier alpha value is -1.39. The molecule has 0 aromatic heterocycles. The van der Waals surface area contributed by atoms with E-state index in [-0.39, 0.29) is 5.91 Å². The van der Waals surface area contributed by atoms with Crippen molar-refractivity contribution >= 4 is 5.91 Å². The van der Waals surface area contributed by atoms with E-state index < -0.39 is 0 Å². The van der Waals surface area contributed by atoms with Crippen LogP contribution in [0.5, 0.6) is 0 Å². The zero-order valence-corrected chi connectivity index (χ0v) is 11.2. The highest BCUT2D eigenvalue weighted by atomic mass is 16.2. The van der Waals surface area contributed by atoms with Crippen LogP contribution in [0.1, 0.15) is 17.5 Å². The van der Waals surface area contributed by atoms with E-state index in [4.69, 9.17) is 5.73 Å². The molecule has 2 aliphatic heterocycles. The number of carbonyl (C=O) groups is 1. The van der Waals surface area contributed by atoms with Crippen molar-refractivity contribution in [3.05, 3.63) is 35.4 Å². The molecule has 19 heavy (non-hydrogen) atoms. The SMILES string of the molecule is NC[C@H]1CCN(C(=O)CN2Cc3ccccc3C2)C1. The number of hydrogen-bond donors (Lipinski definition) is 1. The molecule has 3 rings (SSSR count). The highest BCUT2D eigenvalue weighted by Crippen LogP contribution is 2.22. The van der Waals surface area contributed by atoms with E-state index in [1.165, 1.54) is 11.1 Å². The molecule has 0 radical (unpaired) electrons. The highest BCUT2D eigenvalue weighted by molar-refractivity contribution is 5.78. The van der Waals surface area contributed by atoms with Crippen molar-refractivity contribution < 1.29 is 4.79 Å². The van der Waals surface area contributed by atoms with Crippen LogP contribution in [0, 0.1) is 5.92 Å². The molecule has 1 fully saturated rings. The molecular formula is C15H21N3O. The number of nitrogens with zero attached hydrogens (tertiary/aromatic N) is 2. The lowest BCUT2D eigenvalue weighted by Gasteiger charge is -2.20. The first-order chi connectivity index (χ1) is 9.26. The number of nitrogens with two attached hydrogens (primary N) is 1. The second-order valence-corrected chi connectivity index (χ2v) is 5.64. The summed E-state index contributed by atoms with van der Waals surface area (Å²) in [6.07, 6.45) is 1.06. The number of likely N-dealkylation sites (tertiary alicyclic amines) is 1. The summed E-state index contributed by atoms with van der Waals surface area (Å²) in [5, 5.41) is 0. The molecule has 0 aliphatic carbocycles. The summed E-state index contributed by atoms with van der Waals surface area (Å²) in [4.78, 5) is 16.5. The summed E-state index contributed by atoms with van der Waals surface area (Å²) in [5.74, 6) is 0.753. The van der Waals surface area contributed by atoms with Gasteiger partial charge < -0.3 is 10.6 Å². The minimum Gasteiger partial charge on any atom is -0.341 e. The van der Waals surface area contributed by atoms with Crippen LogP contribution in [-0.4, -0.2) is 41.9 Å². The number of carbonyl (C=O) groups excluding carboxylic acids is 1. The van der Waals surface area contributed by atoms with Crippen LogP contribution in [0.2, 0.25) is 0 Å². The average molecular weight is 259 g/mol. The van der Waals surface area contributed by atoms with Crippen molar-refractivity contribution in [3.63, 3.8) is 0 Å². The number of hydrogen-bond acceptors (Lipinski definition) is 3. The number of fused-ring (bicyclic) bond motifs is 1. The topological polar surface area (TPSA) is 49.6 Å². The molecule has 4 heteroatoms. The van der Waals surface area contributed by atoms with Gasteiger partial charge in [-0.05, 0) is 30.0 Å². The summed E-state index contributed by atoms with van der Waals surface area (Å²) in [5.41, 5.74) is 8.38. The minimum atomic E-state index is 0.253. The van der Waals surface area contributed by atoms with Crippen LogP contribution in [0.25, 0.3) is 0 Å². The van der Waals surface area contributed by atoms with Gasteiger partial charge >= 0.3 is 0 Å². The van der Waals surface area contributed by atoms with Gasteiger partial charge in [0.25, 0.3) is 0 Å². The molecule has 1 aromatic rings. The average Bonchev–Trinajstić information content (AvgIpc) is 3.04. The third-order valence-corrected chi connectivity index (χ3v) is 4.24. The maximum Gasteiger partial charge on any atom is 0.236 e. The van der Waals surface area contributed by atoms with Crippen molar-refractivity contribution in [3.8, 4) is 0 Å². The van der Waals surface area contributed by atoms with Gasteiger partial charge in [0.1, 0.15) is 0 Å². The molecule has 0 bridgehead atoms. The van der Waals surface area contributed by atoms with Crippen LogP contribution in [0.3, 0.4) is 0 Å². The molecule has 2 aliphatic rings. The molecule has 2 N–H and O–H groups in total. The van der Waals surface area contributed by atoms with Gasteiger partial charge in [-0.1, -0.05) is 24.3 Å². The van der Waals surface area contributed by atoms with Gasteiger partial charge in [-0.2, -0.15) is 0 Å². The molecule has 0 unspecified atom stereocenters. The second kappa shape index (κ2) is 5.31. The fourth-order valence-corrected chi connectivity index (χ4v) is 3.06. The summed E-state index contributed by atoms with van der Waals surface area (Å²) in [7, 11) is 0. The standard InChI is InChI=1S/C15H21N3O/c16-7-12-5-6-18(8-12)15(19)11-17-9-13-3-1-2-4-14(13)10-17/h1-4,12H,5-11,16H2/t12-/m1/s1. The molecule has 2 heterocycles. The van der Waals surface area contributed by atoms with E-state index in [0.717, 1.165) is 32.6 Å². The van der Waals surface area contributed by atoms with Gasteiger partial charge in [-0.25, -0.2) is 0 Å². The second-order valence-electron chi connectivity index (χ2n) is 5.64. The molecule has 0 spiro atoms. The lowest BCUT2D eigenvalue weighted by molar-refractivity contribution is -0.131. The Morgan fingerprint density at radius 1 is 1.26 bits per heavy atom. The Balaban J connectivity index is 1.55. The number of rotatable bonds is 3. The van der Waals surface area contributed by atoms with E-state index in [1.807, 2.05) is 4.90 Å². The third kappa shape index (κ3) is 2.65. The van der Waals surface area contributed by atoms with Crippen molar-refractivity contribution in [2.45, 2.75) is 19.5 Å². The summed E-state index contributed by atoms with van der Waals surface area (Å²) in [6, 6.07) is 8.44. The number of amides is 1. The molecule has 1 aromatic carbocycles. The zero-order chi connectivity index (χ0) is 13.2. The van der Waals surface area contributed by atoms with Gasteiger partial charge in [-0.15, -0.1) is 0 Å². The van der Waals surface area contributed by atoms with Gasteiger partial charge in [0.15, 0.2) is 0 Å². The molecule has 1 saturated heterocycles. The van der Waals surface area contributed by atoms with Crippen molar-refractivity contribution in [1.29, 1.82) is 0 Å². The molecule has 4 nitrogen and oxygen atoms in total. The molecule has 1 amide bonds. The maximum atomic E-state index is 12.3. The minimum absolute atomic E-state index is 0.253. The largest absolute Gasteiger partial charge is 0.341 e. The Bertz CT molecular complexity index is 449. The van der Waals surface area contributed by atoms with Crippen LogP contribution in [-0.2, 0) is 17.9 Å². The van der Waals surface area contributed by atoms with Gasteiger partial charge in [0.2, 0.25) is 5.91 Å². The monoisotopic (exact) mass is 259 g/mol. The number of benzene rings is 1. The fourth-order valence-electron chi connectivity index (χ4n) is 3.06. The van der Waals surface area contributed by atoms with Crippen molar-refractivity contribution in [2.75, 3.05) is 26.2 Å². The molecule has 0 saturated carbocycles. The molecule has 102 valence electrons. The summed E-state index contributed by atoms with van der Waals surface area (Å²) >= 11 is 0. The van der Waals surface area contributed by atoms with Crippen LogP contribution >= 0.6 is 0 Å². The van der Waals surface area contributed by atoms with Crippen LogP contribution in [0.15, 0.2) is 24.3 Å². The van der Waals surface area contributed by atoms with E-state index in [1.54, 1.807) is 0 Å². The lowest BCUT2D eigenvalue weighted by atomic mass is 10.1. The Morgan fingerprint density at radius 2 is 1.95 bits per heavy atom. The van der Waals surface area contributed by atoms with Gasteiger partial charge in [-0.3, -0.25) is 9.69 Å². The molecule has 1 atom stereocenters. The first-order valence-electron chi connectivity index (χ1n) is 7.03. The maximum absolute atomic E-state index is 12.3. The smallest absolute Gasteiger partial charge is 0.236 e. The lowest BCUT2D eigenvalue weighted by Crippen LogP contribution is -2.37. The van der Waals surface area contributed by atoms with Crippen molar-refractivity contribution in [2.24, 2.45) is 11.7 Å². The third-order valence-electron chi connectivity index (χ3n) is 4.24. The van der Waals surface area contributed by atoms with E-state index in [2.05, 4.69) is 29.2 Å². The van der Waals surface area contributed by atoms with Gasteiger partial charge in [0, 0.05) is 26.2 Å². The predicted molar refractivity (Wildman–Crippen MR) is 74.3 cm³/mol. The van der Waals surface area contributed by atoms with E-state index >= 15 is 0 Å². The van der Waals surface area contributed by atoms with Crippen LogP contribution in [0.4, 0.5) is 0 Å². The van der Waals surface area contributed by atoms with E-state index in [9.17, 15) is 4.79 Å². The Kier molecular flexibility index (Phi) is 3.53. The zero-order valence-electron chi connectivity index (χ0n) is 11.2. The first-order valence-corrected chi connectivity index (χ1v) is 7.03. The summed E-state index contributed by atoms with van der Waals surface area (Å²) in [6.45, 7) is 4.74. The molecular weight excluding hydrogens is 238 g/mol. The predicted octanol–water partition coefficient (Wildman–Crippen LogP) is 0.809. The normalized spacial score (nSPS) is 22.8. The van der Waals surface area contributed by atoms with E-state index in [0.29, 0.717) is 19.0 Å². The Morgan fingerprint density at radius 3 is 2.53 bits per heavy atom. The highest BCUT2D eigenvalue weighted by Gasteiger charge is 2.27. The fraction of sp³-hybridized carbons (Fsp3) is 0.533. The van der Waals surface area contributed by atoms with Gasteiger partial charge in [0.05, 0.1) is 6.54 Å².